The smallest absolute Gasteiger partial charge is 0.339 e. The predicted molar refractivity (Wildman–Crippen MR) is 162 cm³/mol. The number of esters is 4. The fraction of sp³-hybridized carbons (Fsp3) is 0.375. The molecular weight excluding hydrogens is 640 g/mol. The van der Waals surface area contributed by atoms with Crippen LogP contribution in [0.3, 0.4) is 0 Å². The molecule has 1 fully saturated rings. The van der Waals surface area contributed by atoms with E-state index in [1.165, 1.54) is 6.20 Å². The standard InChI is InChI=1S/C32H33ClN2O12/c1-18(36)42-26-27(43-19(2)37)29(44-20(3)38)32(47-28(26)31(39)40-4)46-25-17-34-14-12-21(25)8-7-15-41-24-11-6-13-35-30(24)45-23-10-5-9-22(33)16-23/h5-6,9-14,16-17,26-29,32H,7-8,15H2,1-4H3/t26-,27-,28-,29+,32+/m0/s1. The molecule has 0 saturated carbocycles. The summed E-state index contributed by atoms with van der Waals surface area (Å²) in [6.07, 6.45) is -2.09. The number of carbonyl (C=O) groups is 4. The lowest BCUT2D eigenvalue weighted by molar-refractivity contribution is -0.282. The number of aryl methyl sites for hydroxylation is 1. The lowest BCUT2D eigenvalue weighted by atomic mass is 9.97. The second kappa shape index (κ2) is 16.6. The van der Waals surface area contributed by atoms with Crippen LogP contribution < -0.4 is 14.2 Å². The maximum Gasteiger partial charge on any atom is 0.339 e. The summed E-state index contributed by atoms with van der Waals surface area (Å²) in [5, 5.41) is 0.515. The van der Waals surface area contributed by atoms with E-state index in [0.29, 0.717) is 34.9 Å². The normalized spacial score (nSPS) is 20.3. The Morgan fingerprint density at radius 1 is 0.872 bits per heavy atom. The van der Waals surface area contributed by atoms with Crippen LogP contribution in [-0.2, 0) is 49.3 Å². The maximum atomic E-state index is 12.7. The molecule has 0 spiro atoms. The molecule has 0 amide bonds. The number of pyridine rings is 2. The molecule has 1 saturated heterocycles. The molecule has 3 aromatic rings. The van der Waals surface area contributed by atoms with Gasteiger partial charge in [-0.3, -0.25) is 19.4 Å². The maximum absolute atomic E-state index is 12.7. The average molecular weight is 673 g/mol. The van der Waals surface area contributed by atoms with Gasteiger partial charge in [-0.2, -0.15) is 0 Å². The number of nitrogens with zero attached hydrogens (tertiary/aromatic N) is 2. The summed E-state index contributed by atoms with van der Waals surface area (Å²) in [6, 6.07) is 12.0. The van der Waals surface area contributed by atoms with Gasteiger partial charge in [-0.1, -0.05) is 17.7 Å². The number of hydrogen-bond donors (Lipinski definition) is 0. The van der Waals surface area contributed by atoms with Crippen molar-refractivity contribution in [1.82, 2.24) is 9.97 Å². The SMILES string of the molecule is COC(=O)[C@H]1O[C@@H](Oc2cnccc2CCCOc2cccnc2Oc2cccc(Cl)c2)[C@H](OC(C)=O)[C@@H](OC(C)=O)[C@@H]1OC(C)=O. The van der Waals surface area contributed by atoms with E-state index in [4.69, 9.17) is 49.5 Å². The molecule has 1 aliphatic rings. The molecule has 3 heterocycles. The van der Waals surface area contributed by atoms with Crippen LogP contribution in [0.1, 0.15) is 32.8 Å². The van der Waals surface area contributed by atoms with Crippen LogP contribution in [0.25, 0.3) is 0 Å². The van der Waals surface area contributed by atoms with Gasteiger partial charge >= 0.3 is 23.9 Å². The highest BCUT2D eigenvalue weighted by Gasteiger charge is 2.56. The molecule has 5 atom stereocenters. The number of benzene rings is 1. The summed E-state index contributed by atoms with van der Waals surface area (Å²) in [5.74, 6) is -1.92. The van der Waals surface area contributed by atoms with Crippen LogP contribution in [0.5, 0.6) is 23.1 Å². The third kappa shape index (κ3) is 9.77. The first-order valence-corrected chi connectivity index (χ1v) is 14.8. The molecule has 0 radical (unpaired) electrons. The van der Waals surface area contributed by atoms with Crippen molar-refractivity contribution in [3.8, 4) is 23.1 Å². The third-order valence-electron chi connectivity index (χ3n) is 6.54. The van der Waals surface area contributed by atoms with Crippen LogP contribution in [0, 0.1) is 0 Å². The Kier molecular flexibility index (Phi) is 12.3. The van der Waals surface area contributed by atoms with Crippen LogP contribution in [0.4, 0.5) is 0 Å². The van der Waals surface area contributed by atoms with Crippen LogP contribution in [0.2, 0.25) is 5.02 Å². The highest BCUT2D eigenvalue weighted by atomic mass is 35.5. The Bertz CT molecular complexity index is 1570. The molecular formula is C32H33ClN2O12. The largest absolute Gasteiger partial charge is 0.488 e. The van der Waals surface area contributed by atoms with E-state index in [9.17, 15) is 19.2 Å². The fourth-order valence-electron chi connectivity index (χ4n) is 4.67. The summed E-state index contributed by atoms with van der Waals surface area (Å²) >= 11 is 6.06. The number of aromatic nitrogens is 2. The topological polar surface area (TPSA) is 168 Å². The Balaban J connectivity index is 1.50. The lowest BCUT2D eigenvalue weighted by Crippen LogP contribution is -2.64. The quantitative estimate of drug-likeness (QED) is 0.145. The summed E-state index contributed by atoms with van der Waals surface area (Å²) in [6.45, 7) is 3.58. The van der Waals surface area contributed by atoms with E-state index in [-0.39, 0.29) is 18.2 Å². The van der Waals surface area contributed by atoms with Crippen LogP contribution >= 0.6 is 11.6 Å². The van der Waals surface area contributed by atoms with E-state index in [0.717, 1.165) is 27.9 Å². The van der Waals surface area contributed by atoms with E-state index in [1.807, 2.05) is 0 Å². The molecule has 0 unspecified atom stereocenters. The Morgan fingerprint density at radius 3 is 2.30 bits per heavy atom. The summed E-state index contributed by atoms with van der Waals surface area (Å²) in [7, 11) is 1.10. The molecule has 0 bridgehead atoms. The molecule has 4 rings (SSSR count). The second-order valence-electron chi connectivity index (χ2n) is 10.1. The number of ether oxygens (including phenoxy) is 8. The van der Waals surface area contributed by atoms with Gasteiger partial charge in [0.25, 0.3) is 5.88 Å². The van der Waals surface area contributed by atoms with Crippen LogP contribution in [0.15, 0.2) is 61.1 Å². The minimum atomic E-state index is -1.60. The Morgan fingerprint density at radius 2 is 1.60 bits per heavy atom. The summed E-state index contributed by atoms with van der Waals surface area (Å²) in [4.78, 5) is 57.2. The van der Waals surface area contributed by atoms with Gasteiger partial charge in [-0.25, -0.2) is 9.78 Å². The minimum Gasteiger partial charge on any atom is -0.488 e. The summed E-state index contributed by atoms with van der Waals surface area (Å²) in [5.41, 5.74) is 0.663. The van der Waals surface area contributed by atoms with Gasteiger partial charge in [0.1, 0.15) is 11.5 Å². The molecule has 250 valence electrons. The molecule has 15 heteroatoms. The van der Waals surface area contributed by atoms with Crippen molar-refractivity contribution in [2.75, 3.05) is 13.7 Å². The first-order chi connectivity index (χ1) is 22.5. The number of rotatable bonds is 13. The number of hydrogen-bond acceptors (Lipinski definition) is 14. The Labute approximate surface area is 275 Å². The molecule has 2 aromatic heterocycles. The number of halogens is 1. The van der Waals surface area contributed by atoms with Gasteiger partial charge in [0.05, 0.1) is 19.9 Å². The van der Waals surface area contributed by atoms with Gasteiger partial charge in [-0.05, 0) is 54.8 Å². The van der Waals surface area contributed by atoms with E-state index >= 15 is 0 Å². The second-order valence-corrected chi connectivity index (χ2v) is 10.5. The molecule has 47 heavy (non-hydrogen) atoms. The number of methoxy groups -OCH3 is 1. The summed E-state index contributed by atoms with van der Waals surface area (Å²) < 4.78 is 44.8. The average Bonchev–Trinajstić information content (AvgIpc) is 3.02. The van der Waals surface area contributed by atoms with Gasteiger partial charge in [0.15, 0.2) is 24.1 Å². The van der Waals surface area contributed by atoms with Crippen molar-refractivity contribution < 1.29 is 57.1 Å². The molecule has 1 aliphatic heterocycles. The van der Waals surface area contributed by atoms with Crippen molar-refractivity contribution in [3.63, 3.8) is 0 Å². The monoisotopic (exact) mass is 672 g/mol. The Hall–Kier alpha value is -4.95. The van der Waals surface area contributed by atoms with Crippen molar-refractivity contribution in [3.05, 3.63) is 71.6 Å². The highest BCUT2D eigenvalue weighted by molar-refractivity contribution is 6.30. The lowest BCUT2D eigenvalue weighted by Gasteiger charge is -2.43. The minimum absolute atomic E-state index is 0.220. The van der Waals surface area contributed by atoms with Gasteiger partial charge < -0.3 is 37.9 Å². The van der Waals surface area contributed by atoms with Gasteiger partial charge in [0, 0.05) is 38.2 Å². The van der Waals surface area contributed by atoms with E-state index < -0.39 is 54.6 Å². The highest BCUT2D eigenvalue weighted by Crippen LogP contribution is 2.33. The van der Waals surface area contributed by atoms with E-state index in [1.54, 1.807) is 54.9 Å². The van der Waals surface area contributed by atoms with Crippen LogP contribution in [-0.4, -0.2) is 78.3 Å². The zero-order valence-electron chi connectivity index (χ0n) is 26.0. The van der Waals surface area contributed by atoms with Gasteiger partial charge in [-0.15, -0.1) is 0 Å². The predicted octanol–water partition coefficient (Wildman–Crippen LogP) is 4.01. The molecule has 0 aliphatic carbocycles. The zero-order chi connectivity index (χ0) is 33.9. The molecule has 1 aromatic carbocycles. The zero-order valence-corrected chi connectivity index (χ0v) is 26.7. The first kappa shape index (κ1) is 34.9. The van der Waals surface area contributed by atoms with Crippen molar-refractivity contribution in [1.29, 1.82) is 0 Å². The molecule has 14 nitrogen and oxygen atoms in total. The van der Waals surface area contributed by atoms with Crippen molar-refractivity contribution in [2.45, 2.75) is 64.3 Å². The third-order valence-corrected chi connectivity index (χ3v) is 6.78. The van der Waals surface area contributed by atoms with Crippen molar-refractivity contribution >= 4 is 35.5 Å². The molecule has 0 N–H and O–H groups in total. The van der Waals surface area contributed by atoms with E-state index in [2.05, 4.69) is 9.97 Å². The fourth-order valence-corrected chi connectivity index (χ4v) is 4.85. The van der Waals surface area contributed by atoms with Crippen molar-refractivity contribution in [2.24, 2.45) is 0 Å². The number of carbonyl (C=O) groups excluding carboxylic acids is 4. The first-order valence-electron chi connectivity index (χ1n) is 14.4. The van der Waals surface area contributed by atoms with Gasteiger partial charge in [0.2, 0.25) is 12.4 Å².